The Labute approximate surface area is 131 Å². The van der Waals surface area contributed by atoms with E-state index in [0.717, 1.165) is 29.7 Å². The van der Waals surface area contributed by atoms with Gasteiger partial charge in [0.2, 0.25) is 5.91 Å². The number of benzene rings is 1. The Kier molecular flexibility index (Phi) is 3.67. The number of carbonyl (C=O) groups excluding carboxylic acids is 2. The molecule has 116 valence electrons. The first-order valence-corrected chi connectivity index (χ1v) is 8.04. The van der Waals surface area contributed by atoms with Crippen LogP contribution in [0.3, 0.4) is 0 Å². The van der Waals surface area contributed by atoms with Gasteiger partial charge < -0.3 is 5.32 Å². The van der Waals surface area contributed by atoms with Gasteiger partial charge in [-0.25, -0.2) is 0 Å². The lowest BCUT2D eigenvalue weighted by Gasteiger charge is -2.37. The zero-order chi connectivity index (χ0) is 15.9. The molecule has 3 nitrogen and oxygen atoms in total. The third kappa shape index (κ3) is 2.72. The molecule has 0 unspecified atom stereocenters. The lowest BCUT2D eigenvalue weighted by Crippen LogP contribution is -2.40. The van der Waals surface area contributed by atoms with E-state index in [9.17, 15) is 9.59 Å². The quantitative estimate of drug-likeness (QED) is 0.908. The smallest absolute Gasteiger partial charge is 0.225 e. The van der Waals surface area contributed by atoms with Gasteiger partial charge in [-0.05, 0) is 29.4 Å². The van der Waals surface area contributed by atoms with E-state index in [4.69, 9.17) is 0 Å². The molecule has 2 aliphatic rings. The van der Waals surface area contributed by atoms with Crippen molar-refractivity contribution in [3.63, 3.8) is 0 Å². The van der Waals surface area contributed by atoms with Crippen LogP contribution in [0.1, 0.15) is 57.1 Å². The summed E-state index contributed by atoms with van der Waals surface area (Å²) in [6.07, 6.45) is 2.69. The zero-order valence-corrected chi connectivity index (χ0v) is 13.5. The van der Waals surface area contributed by atoms with Crippen LogP contribution < -0.4 is 5.32 Å². The summed E-state index contributed by atoms with van der Waals surface area (Å²) in [5.41, 5.74) is 3.96. The number of Topliss-reactive ketones (excluding diaryl/α,β-unsaturated/α-hetero) is 1. The number of carbonyl (C=O) groups is 2. The predicted octanol–water partition coefficient (Wildman–Crippen LogP) is 3.50. The number of aryl methyl sites for hydroxylation is 1. The molecule has 0 saturated carbocycles. The topological polar surface area (TPSA) is 46.2 Å². The normalized spacial score (nSPS) is 24.0. The molecule has 0 radical (unpaired) electrons. The van der Waals surface area contributed by atoms with Crippen LogP contribution in [0.4, 0.5) is 0 Å². The van der Waals surface area contributed by atoms with Crippen molar-refractivity contribution in [1.82, 2.24) is 5.32 Å². The average molecular weight is 297 g/mol. The lowest BCUT2D eigenvalue weighted by atomic mass is 9.70. The van der Waals surface area contributed by atoms with Crippen LogP contribution in [0.25, 0.3) is 0 Å². The summed E-state index contributed by atoms with van der Waals surface area (Å²) in [7, 11) is 0. The molecule has 1 aliphatic carbocycles. The molecule has 1 aromatic carbocycles. The maximum absolute atomic E-state index is 12.6. The summed E-state index contributed by atoms with van der Waals surface area (Å²) in [6.45, 7) is 6.29. The molecule has 0 bridgehead atoms. The van der Waals surface area contributed by atoms with Gasteiger partial charge in [-0.1, -0.05) is 45.0 Å². The van der Waals surface area contributed by atoms with Crippen LogP contribution in [0.2, 0.25) is 0 Å². The van der Waals surface area contributed by atoms with Gasteiger partial charge in [0, 0.05) is 30.0 Å². The fourth-order valence-corrected chi connectivity index (χ4v) is 3.63. The van der Waals surface area contributed by atoms with Gasteiger partial charge in [0.1, 0.15) is 0 Å². The highest BCUT2D eigenvalue weighted by atomic mass is 16.2. The van der Waals surface area contributed by atoms with E-state index in [0.29, 0.717) is 12.8 Å². The van der Waals surface area contributed by atoms with E-state index in [1.807, 2.05) is 0 Å². The van der Waals surface area contributed by atoms with Gasteiger partial charge >= 0.3 is 0 Å². The highest BCUT2D eigenvalue weighted by Gasteiger charge is 2.40. The molecule has 3 heteroatoms. The largest absolute Gasteiger partial charge is 0.329 e. The predicted molar refractivity (Wildman–Crippen MR) is 86.4 cm³/mol. The molecule has 1 aromatic rings. The first kappa shape index (κ1) is 15.0. The second-order valence-electron chi connectivity index (χ2n) is 7.23. The van der Waals surface area contributed by atoms with Crippen LogP contribution in [0, 0.1) is 5.41 Å². The Bertz CT molecular complexity index is 653. The van der Waals surface area contributed by atoms with Crippen molar-refractivity contribution in [2.24, 2.45) is 5.41 Å². The van der Waals surface area contributed by atoms with Crippen LogP contribution in [0.5, 0.6) is 0 Å². The van der Waals surface area contributed by atoms with Gasteiger partial charge in [-0.3, -0.25) is 9.59 Å². The van der Waals surface area contributed by atoms with Gasteiger partial charge in [-0.15, -0.1) is 0 Å². The van der Waals surface area contributed by atoms with Crippen molar-refractivity contribution in [3.05, 3.63) is 46.7 Å². The van der Waals surface area contributed by atoms with E-state index < -0.39 is 0 Å². The van der Waals surface area contributed by atoms with E-state index in [1.165, 1.54) is 5.56 Å². The summed E-state index contributed by atoms with van der Waals surface area (Å²) in [4.78, 5) is 24.7. The number of amides is 1. The van der Waals surface area contributed by atoms with Crippen molar-refractivity contribution in [3.8, 4) is 0 Å². The number of hydrogen-bond acceptors (Lipinski definition) is 2. The number of hydrogen-bond donors (Lipinski definition) is 1. The second-order valence-corrected chi connectivity index (χ2v) is 7.23. The van der Waals surface area contributed by atoms with Gasteiger partial charge in [0.25, 0.3) is 0 Å². The van der Waals surface area contributed by atoms with Crippen molar-refractivity contribution in [2.45, 2.75) is 52.4 Å². The molecule has 0 fully saturated rings. The molecule has 1 heterocycles. The van der Waals surface area contributed by atoms with Gasteiger partial charge in [0.15, 0.2) is 5.78 Å². The molecule has 1 aliphatic heterocycles. The number of allylic oxidation sites excluding steroid dienone is 2. The lowest BCUT2D eigenvalue weighted by molar-refractivity contribution is -0.122. The summed E-state index contributed by atoms with van der Waals surface area (Å²) in [5.74, 6) is 0.128. The highest BCUT2D eigenvalue weighted by molar-refractivity contribution is 6.02. The van der Waals surface area contributed by atoms with Crippen molar-refractivity contribution in [1.29, 1.82) is 0 Å². The average Bonchev–Trinajstić information content (AvgIpc) is 2.44. The molecule has 1 amide bonds. The Morgan fingerprint density at radius 3 is 2.45 bits per heavy atom. The minimum absolute atomic E-state index is 0.0221. The minimum atomic E-state index is -0.0849. The van der Waals surface area contributed by atoms with Gasteiger partial charge in [0.05, 0.1) is 0 Å². The standard InChI is InChI=1S/C19H23NO2/c1-4-12-5-7-13(8-6-12)14-9-17(22)20-15-10-19(2,3)11-16(21)18(14)15/h5-8,14H,4,9-11H2,1-3H3,(H,20,22)/t14-/m0/s1. The Morgan fingerprint density at radius 2 is 1.82 bits per heavy atom. The molecule has 3 rings (SSSR count). The molecule has 0 spiro atoms. The number of rotatable bonds is 2. The van der Waals surface area contributed by atoms with E-state index in [2.05, 4.69) is 50.4 Å². The first-order chi connectivity index (χ1) is 10.4. The molecular formula is C19H23NO2. The molecule has 0 aromatic heterocycles. The summed E-state index contributed by atoms with van der Waals surface area (Å²) < 4.78 is 0. The Morgan fingerprint density at radius 1 is 1.14 bits per heavy atom. The minimum Gasteiger partial charge on any atom is -0.329 e. The third-order valence-corrected chi connectivity index (χ3v) is 4.74. The number of ketones is 1. The Hall–Kier alpha value is -1.90. The second kappa shape index (κ2) is 5.38. The number of nitrogens with one attached hydrogen (secondary N) is 1. The fraction of sp³-hybridized carbons (Fsp3) is 0.474. The van der Waals surface area contributed by atoms with Crippen LogP contribution >= 0.6 is 0 Å². The van der Waals surface area contributed by atoms with Crippen molar-refractivity contribution in [2.75, 3.05) is 0 Å². The van der Waals surface area contributed by atoms with Crippen molar-refractivity contribution >= 4 is 11.7 Å². The third-order valence-electron chi connectivity index (χ3n) is 4.74. The molecular weight excluding hydrogens is 274 g/mol. The molecule has 22 heavy (non-hydrogen) atoms. The summed E-state index contributed by atoms with van der Waals surface area (Å²) in [6, 6.07) is 8.33. The summed E-state index contributed by atoms with van der Waals surface area (Å²) in [5, 5.41) is 2.95. The SMILES string of the molecule is CCc1ccc([C@@H]2CC(=O)NC3=C2C(=O)CC(C)(C)C3)cc1. The maximum Gasteiger partial charge on any atom is 0.225 e. The van der Waals surface area contributed by atoms with E-state index in [1.54, 1.807) is 0 Å². The van der Waals surface area contributed by atoms with E-state index in [-0.39, 0.29) is 23.0 Å². The summed E-state index contributed by atoms with van der Waals surface area (Å²) >= 11 is 0. The van der Waals surface area contributed by atoms with Crippen LogP contribution in [-0.2, 0) is 16.0 Å². The van der Waals surface area contributed by atoms with Crippen LogP contribution in [-0.4, -0.2) is 11.7 Å². The first-order valence-electron chi connectivity index (χ1n) is 8.04. The van der Waals surface area contributed by atoms with E-state index >= 15 is 0 Å². The maximum atomic E-state index is 12.6. The van der Waals surface area contributed by atoms with Gasteiger partial charge in [-0.2, -0.15) is 0 Å². The Balaban J connectivity index is 2.02. The highest BCUT2D eigenvalue weighted by Crippen LogP contribution is 2.43. The van der Waals surface area contributed by atoms with Crippen molar-refractivity contribution < 1.29 is 9.59 Å². The fourth-order valence-electron chi connectivity index (χ4n) is 3.63. The molecule has 0 saturated heterocycles. The van der Waals surface area contributed by atoms with Crippen LogP contribution in [0.15, 0.2) is 35.5 Å². The zero-order valence-electron chi connectivity index (χ0n) is 13.5. The molecule has 1 atom stereocenters. The monoisotopic (exact) mass is 297 g/mol. The molecule has 1 N–H and O–H groups in total.